The number of aryl methyl sites for hydroxylation is 1. The van der Waals surface area contributed by atoms with Crippen molar-refractivity contribution in [1.29, 1.82) is 0 Å². The molecule has 3 rings (SSSR count). The van der Waals surface area contributed by atoms with Gasteiger partial charge in [0.2, 0.25) is 0 Å². The lowest BCUT2D eigenvalue weighted by molar-refractivity contribution is 0.415. The highest BCUT2D eigenvalue weighted by Crippen LogP contribution is 2.28. The molecule has 6 nitrogen and oxygen atoms in total. The number of methoxy groups -OCH3 is 1. The number of ether oxygens (including phenoxy) is 1. The summed E-state index contributed by atoms with van der Waals surface area (Å²) in [5.41, 5.74) is 2.80. The summed E-state index contributed by atoms with van der Waals surface area (Å²) < 4.78 is 29.8. The normalized spacial score (nSPS) is 12.1. The van der Waals surface area contributed by atoms with E-state index in [9.17, 15) is 8.42 Å². The van der Waals surface area contributed by atoms with E-state index in [2.05, 4.69) is 10.2 Å². The molecule has 0 saturated heterocycles. The maximum atomic E-state index is 11.3. The molecule has 0 saturated carbocycles. The molecule has 0 unspecified atom stereocenters. The van der Waals surface area contributed by atoms with E-state index in [-0.39, 0.29) is 5.75 Å². The topological polar surface area (TPSA) is 73.6 Å². The highest BCUT2D eigenvalue weighted by atomic mass is 32.2. The van der Waals surface area contributed by atoms with Crippen LogP contribution in [-0.2, 0) is 9.84 Å². The van der Waals surface area contributed by atoms with E-state index >= 15 is 0 Å². The van der Waals surface area contributed by atoms with E-state index in [1.54, 1.807) is 7.11 Å². The van der Waals surface area contributed by atoms with Gasteiger partial charge in [0.1, 0.15) is 15.6 Å². The molecule has 2 aromatic heterocycles. The Morgan fingerprint density at radius 2 is 2.04 bits per heavy atom. The van der Waals surface area contributed by atoms with Gasteiger partial charge in [0.25, 0.3) is 0 Å². The molecule has 0 aliphatic rings. The van der Waals surface area contributed by atoms with Gasteiger partial charge in [0, 0.05) is 23.5 Å². The fourth-order valence-corrected chi connectivity index (χ4v) is 4.55. The van der Waals surface area contributed by atoms with Gasteiger partial charge in [0.15, 0.2) is 10.8 Å². The molecule has 0 N–H and O–H groups in total. The monoisotopic (exact) mass is 351 g/mol. The van der Waals surface area contributed by atoms with Gasteiger partial charge in [0.05, 0.1) is 18.4 Å². The molecule has 0 radical (unpaired) electrons. The van der Waals surface area contributed by atoms with Crippen molar-refractivity contribution in [3.63, 3.8) is 0 Å². The second-order valence-corrected chi connectivity index (χ2v) is 8.69. The molecule has 0 spiro atoms. The number of aromatic nitrogens is 3. The minimum absolute atomic E-state index is 0.111. The van der Waals surface area contributed by atoms with Crippen LogP contribution >= 0.6 is 11.8 Å². The summed E-state index contributed by atoms with van der Waals surface area (Å²) in [7, 11) is -1.36. The molecule has 0 atom stereocenters. The van der Waals surface area contributed by atoms with Crippen molar-refractivity contribution in [2.45, 2.75) is 12.1 Å². The van der Waals surface area contributed by atoms with Crippen molar-refractivity contribution in [2.75, 3.05) is 24.9 Å². The van der Waals surface area contributed by atoms with Crippen LogP contribution in [0.15, 0.2) is 29.4 Å². The molecule has 23 heavy (non-hydrogen) atoms. The number of rotatable bonds is 5. The van der Waals surface area contributed by atoms with Crippen LogP contribution in [0.3, 0.4) is 0 Å². The second-order valence-electron chi connectivity index (χ2n) is 5.36. The van der Waals surface area contributed by atoms with Gasteiger partial charge < -0.3 is 4.74 Å². The van der Waals surface area contributed by atoms with Gasteiger partial charge in [-0.15, -0.1) is 10.2 Å². The van der Waals surface area contributed by atoms with Crippen LogP contribution in [-0.4, -0.2) is 47.9 Å². The third kappa shape index (κ3) is 3.28. The van der Waals surface area contributed by atoms with E-state index in [0.717, 1.165) is 27.9 Å². The molecule has 0 bridgehead atoms. The second kappa shape index (κ2) is 6.01. The van der Waals surface area contributed by atoms with Gasteiger partial charge in [-0.3, -0.25) is 4.40 Å². The first-order valence-corrected chi connectivity index (χ1v) is 10.1. The maximum absolute atomic E-state index is 11.3. The molecule has 0 aliphatic carbocycles. The molecule has 0 fully saturated rings. The van der Waals surface area contributed by atoms with Crippen LogP contribution in [0.5, 0.6) is 5.75 Å². The Bertz CT molecular complexity index is 980. The first-order chi connectivity index (χ1) is 10.9. The summed E-state index contributed by atoms with van der Waals surface area (Å²) in [5, 5.41) is 10.2. The average Bonchev–Trinajstić information content (AvgIpc) is 2.88. The lowest BCUT2D eigenvalue weighted by Gasteiger charge is -2.09. The van der Waals surface area contributed by atoms with Gasteiger partial charge in [-0.2, -0.15) is 0 Å². The third-order valence-electron chi connectivity index (χ3n) is 3.56. The Morgan fingerprint density at radius 3 is 2.74 bits per heavy atom. The lowest BCUT2D eigenvalue weighted by atomic mass is 10.1. The Kier molecular flexibility index (Phi) is 4.20. The van der Waals surface area contributed by atoms with E-state index in [4.69, 9.17) is 4.74 Å². The average molecular weight is 351 g/mol. The highest BCUT2D eigenvalue weighted by molar-refractivity contribution is 8.00. The van der Waals surface area contributed by atoms with Crippen molar-refractivity contribution < 1.29 is 13.2 Å². The number of benzene rings is 1. The van der Waals surface area contributed by atoms with E-state index in [1.807, 2.05) is 35.6 Å². The quantitative estimate of drug-likeness (QED) is 0.657. The summed E-state index contributed by atoms with van der Waals surface area (Å²) in [4.78, 5) is 0. The maximum Gasteiger partial charge on any atom is 0.196 e. The number of hydrogen-bond donors (Lipinski definition) is 0. The zero-order chi connectivity index (χ0) is 16.6. The number of nitrogens with zero attached hydrogens (tertiary/aromatic N) is 3. The highest BCUT2D eigenvalue weighted by Gasteiger charge is 2.13. The molecular weight excluding hydrogens is 334 g/mol. The smallest absolute Gasteiger partial charge is 0.196 e. The molecule has 0 amide bonds. The van der Waals surface area contributed by atoms with Gasteiger partial charge in [-0.05, 0) is 30.7 Å². The van der Waals surface area contributed by atoms with Crippen LogP contribution < -0.4 is 4.74 Å². The van der Waals surface area contributed by atoms with Crippen molar-refractivity contribution in [3.05, 3.63) is 29.8 Å². The fourth-order valence-electron chi connectivity index (χ4n) is 2.41. The minimum Gasteiger partial charge on any atom is -0.497 e. The number of pyridine rings is 1. The molecule has 122 valence electrons. The first-order valence-electron chi connectivity index (χ1n) is 7.02. The van der Waals surface area contributed by atoms with Crippen LogP contribution in [0.4, 0.5) is 0 Å². The number of fused-ring (bicyclic) bond motifs is 3. The summed E-state index contributed by atoms with van der Waals surface area (Å²) in [6, 6.07) is 7.84. The van der Waals surface area contributed by atoms with E-state index < -0.39 is 9.84 Å². The lowest BCUT2D eigenvalue weighted by Crippen LogP contribution is -2.05. The predicted molar refractivity (Wildman–Crippen MR) is 92.2 cm³/mol. The Labute approximate surface area is 138 Å². The number of thioether (sulfide) groups is 1. The van der Waals surface area contributed by atoms with Crippen molar-refractivity contribution in [2.24, 2.45) is 0 Å². The molecule has 2 heterocycles. The standard InChI is InChI=1S/C15H17N3O3S2/c1-10-8-14-16-17-15(22-6-7-23(3,19)20)18(14)13-9-11(21-2)4-5-12(10)13/h4-5,8-9H,6-7H2,1-3H3. The number of hydrogen-bond acceptors (Lipinski definition) is 6. The summed E-state index contributed by atoms with van der Waals surface area (Å²) in [5.74, 6) is 1.31. The van der Waals surface area contributed by atoms with Crippen LogP contribution in [0, 0.1) is 6.92 Å². The van der Waals surface area contributed by atoms with Gasteiger partial charge in [-0.1, -0.05) is 11.8 Å². The predicted octanol–water partition coefficient (Wildman–Crippen LogP) is 2.34. The van der Waals surface area contributed by atoms with Crippen LogP contribution in [0.2, 0.25) is 0 Å². The van der Waals surface area contributed by atoms with E-state index in [1.165, 1.54) is 18.0 Å². The largest absolute Gasteiger partial charge is 0.497 e. The number of sulfone groups is 1. The van der Waals surface area contributed by atoms with Crippen molar-refractivity contribution >= 4 is 38.1 Å². The van der Waals surface area contributed by atoms with E-state index in [0.29, 0.717) is 10.9 Å². The zero-order valence-corrected chi connectivity index (χ0v) is 14.7. The minimum atomic E-state index is -2.99. The Morgan fingerprint density at radius 1 is 1.26 bits per heavy atom. The van der Waals surface area contributed by atoms with Gasteiger partial charge >= 0.3 is 0 Å². The third-order valence-corrected chi connectivity index (χ3v) is 5.69. The fraction of sp³-hybridized carbons (Fsp3) is 0.333. The van der Waals surface area contributed by atoms with Crippen molar-refractivity contribution in [3.8, 4) is 5.75 Å². The SMILES string of the molecule is COc1ccc2c(C)cc3nnc(SCCS(C)(=O)=O)n3c2c1. The van der Waals surface area contributed by atoms with Crippen molar-refractivity contribution in [1.82, 2.24) is 14.6 Å². The zero-order valence-electron chi connectivity index (χ0n) is 13.1. The molecule has 1 aromatic carbocycles. The molecular formula is C15H17N3O3S2. The summed E-state index contributed by atoms with van der Waals surface area (Å²) >= 11 is 1.39. The van der Waals surface area contributed by atoms with Crippen LogP contribution in [0.25, 0.3) is 16.6 Å². The Hall–Kier alpha value is -1.80. The summed E-state index contributed by atoms with van der Waals surface area (Å²) in [6.45, 7) is 2.03. The first kappa shape index (κ1) is 16.1. The molecule has 3 aromatic rings. The molecule has 8 heteroatoms. The summed E-state index contributed by atoms with van der Waals surface area (Å²) in [6.07, 6.45) is 1.24. The molecule has 0 aliphatic heterocycles. The van der Waals surface area contributed by atoms with Gasteiger partial charge in [-0.25, -0.2) is 8.42 Å². The van der Waals surface area contributed by atoms with Crippen LogP contribution in [0.1, 0.15) is 5.56 Å². The Balaban J connectivity index is 2.11.